The Balaban J connectivity index is 1.81. The van der Waals surface area contributed by atoms with Crippen LogP contribution in [0.3, 0.4) is 0 Å². The van der Waals surface area contributed by atoms with Gasteiger partial charge in [0.15, 0.2) is 17.5 Å². The van der Waals surface area contributed by atoms with Crippen LogP contribution in [0.15, 0.2) is 64.8 Å². The number of carbonyl (C=O) groups is 1. The van der Waals surface area contributed by atoms with Crippen LogP contribution in [0.1, 0.15) is 5.56 Å². The summed E-state index contributed by atoms with van der Waals surface area (Å²) in [5.41, 5.74) is 1.75. The zero-order chi connectivity index (χ0) is 29.7. The smallest absolute Gasteiger partial charge is 0.330 e. The number of nitro groups is 1. The maximum Gasteiger partial charge on any atom is 0.330 e. The van der Waals surface area contributed by atoms with Crippen LogP contribution in [0.4, 0.5) is 10.8 Å². The molecule has 0 bridgehead atoms. The molecule has 0 fully saturated rings. The Kier molecular flexibility index (Phi) is 9.38. The van der Waals surface area contributed by atoms with E-state index in [9.17, 15) is 20.0 Å². The van der Waals surface area contributed by atoms with Crippen molar-refractivity contribution in [1.29, 1.82) is 0 Å². The number of aromatic nitrogens is 1. The van der Waals surface area contributed by atoms with Gasteiger partial charge in [0.05, 0.1) is 46.9 Å². The number of nitro benzene ring substituents is 1. The largest absolute Gasteiger partial charge is 0.493 e. The third-order valence-corrected chi connectivity index (χ3v) is 7.63. The van der Waals surface area contributed by atoms with Crippen molar-refractivity contribution in [3.63, 3.8) is 0 Å². The fourth-order valence-electron chi connectivity index (χ4n) is 3.96. The van der Waals surface area contributed by atoms with Gasteiger partial charge in [0.1, 0.15) is 0 Å². The highest BCUT2D eigenvalue weighted by molar-refractivity contribution is 7.19. The number of ether oxygens (including phenoxy) is 3. The highest BCUT2D eigenvalue weighted by Crippen LogP contribution is 2.46. The first kappa shape index (κ1) is 29.7. The number of methoxy groups -OCH3 is 3. The maximum absolute atomic E-state index is 12.0. The Morgan fingerprint density at radius 1 is 1.02 bits per heavy atom. The molecule has 0 radical (unpaired) electrons. The maximum atomic E-state index is 12.0. The Morgan fingerprint density at radius 2 is 1.71 bits per heavy atom. The third-order valence-electron chi connectivity index (χ3n) is 5.91. The number of benzene rings is 3. The van der Waals surface area contributed by atoms with Gasteiger partial charge in [-0.25, -0.2) is 9.78 Å². The molecule has 41 heavy (non-hydrogen) atoms. The first-order chi connectivity index (χ1) is 19.7. The van der Waals surface area contributed by atoms with Crippen molar-refractivity contribution in [3.05, 3.63) is 80.3 Å². The Hall–Kier alpha value is -4.26. The molecule has 1 atom stereocenters. The zero-order valence-corrected chi connectivity index (χ0v) is 24.2. The lowest BCUT2D eigenvalue weighted by atomic mass is 10.0. The second-order valence-corrected chi connectivity index (χ2v) is 10.2. The minimum Gasteiger partial charge on any atom is -0.493 e. The number of azo groups is 1. The number of carboxylic acid groups (broad SMARTS) is 1. The average molecular weight is 617 g/mol. The molecule has 1 aromatic heterocycles. The lowest BCUT2D eigenvalue weighted by Gasteiger charge is -2.14. The van der Waals surface area contributed by atoms with E-state index in [4.69, 9.17) is 37.4 Å². The summed E-state index contributed by atoms with van der Waals surface area (Å²) in [7, 11) is 4.47. The number of halogens is 2. The normalized spacial score (nSPS) is 11.8. The van der Waals surface area contributed by atoms with Crippen molar-refractivity contribution >= 4 is 51.3 Å². The van der Waals surface area contributed by atoms with E-state index in [1.165, 1.54) is 39.5 Å². The van der Waals surface area contributed by atoms with Crippen LogP contribution in [0.25, 0.3) is 21.7 Å². The van der Waals surface area contributed by atoms with E-state index in [1.54, 1.807) is 36.4 Å². The first-order valence-corrected chi connectivity index (χ1v) is 13.4. The molecule has 1 heterocycles. The summed E-state index contributed by atoms with van der Waals surface area (Å²) >= 11 is 13.6. The topological polar surface area (TPSA) is 146 Å². The van der Waals surface area contributed by atoms with Crippen molar-refractivity contribution in [3.8, 4) is 38.9 Å². The highest BCUT2D eigenvalue weighted by atomic mass is 35.5. The van der Waals surface area contributed by atoms with E-state index in [-0.39, 0.29) is 22.8 Å². The molecular formula is C27H22Cl2N4O7S. The summed E-state index contributed by atoms with van der Waals surface area (Å²) in [4.78, 5) is 28.1. The molecule has 0 aliphatic carbocycles. The number of carboxylic acids is 1. The van der Waals surface area contributed by atoms with E-state index < -0.39 is 16.9 Å². The molecule has 4 aromatic rings. The van der Waals surface area contributed by atoms with Crippen LogP contribution in [0.5, 0.6) is 17.2 Å². The predicted octanol–water partition coefficient (Wildman–Crippen LogP) is 7.50. The molecule has 212 valence electrons. The van der Waals surface area contributed by atoms with Crippen molar-refractivity contribution in [2.75, 3.05) is 21.3 Å². The monoisotopic (exact) mass is 616 g/mol. The van der Waals surface area contributed by atoms with Gasteiger partial charge in [-0.2, -0.15) is 5.11 Å². The van der Waals surface area contributed by atoms with Gasteiger partial charge in [-0.15, -0.1) is 5.11 Å². The molecule has 0 amide bonds. The molecule has 1 N–H and O–H groups in total. The predicted molar refractivity (Wildman–Crippen MR) is 155 cm³/mol. The molecule has 0 aliphatic heterocycles. The lowest BCUT2D eigenvalue weighted by molar-refractivity contribution is -0.385. The van der Waals surface area contributed by atoms with Gasteiger partial charge >= 0.3 is 5.97 Å². The van der Waals surface area contributed by atoms with Gasteiger partial charge < -0.3 is 19.3 Å². The summed E-state index contributed by atoms with van der Waals surface area (Å²) in [6.45, 7) is 0. The molecule has 0 aliphatic rings. The van der Waals surface area contributed by atoms with Crippen LogP contribution in [0, 0.1) is 10.1 Å². The summed E-state index contributed by atoms with van der Waals surface area (Å²) in [6, 6.07) is 13.0. The van der Waals surface area contributed by atoms with Gasteiger partial charge in [0, 0.05) is 23.6 Å². The van der Waals surface area contributed by atoms with Crippen molar-refractivity contribution in [2.45, 2.75) is 12.5 Å². The van der Waals surface area contributed by atoms with Crippen LogP contribution in [-0.2, 0) is 11.2 Å². The number of hydrogen-bond acceptors (Lipinski definition) is 10. The van der Waals surface area contributed by atoms with E-state index >= 15 is 0 Å². The second kappa shape index (κ2) is 12.9. The molecule has 3 aromatic carbocycles. The number of hydrogen-bond donors (Lipinski definition) is 1. The van der Waals surface area contributed by atoms with E-state index in [1.807, 2.05) is 0 Å². The van der Waals surface area contributed by atoms with Gasteiger partial charge in [-0.1, -0.05) is 58.8 Å². The Labute approximate surface area is 248 Å². The Bertz CT molecular complexity index is 1620. The molecular weight excluding hydrogens is 595 g/mol. The van der Waals surface area contributed by atoms with Gasteiger partial charge in [-0.05, 0) is 29.8 Å². The quantitative estimate of drug-likeness (QED) is 0.103. The van der Waals surface area contributed by atoms with Crippen LogP contribution >= 0.6 is 34.5 Å². The SMILES string of the molecule is COc1cc(-c2nc(N=NC(Cc3ccccc3[N+](=O)[O-])C(=O)O)sc2-c2ccc(Cl)c(Cl)c2)cc(OC)c1OC. The lowest BCUT2D eigenvalue weighted by Crippen LogP contribution is -2.20. The van der Waals surface area contributed by atoms with Crippen LogP contribution < -0.4 is 14.2 Å². The number of nitrogens with zero attached hydrogens (tertiary/aromatic N) is 4. The van der Waals surface area contributed by atoms with Crippen molar-refractivity contribution in [1.82, 2.24) is 4.98 Å². The average Bonchev–Trinajstić information content (AvgIpc) is 3.40. The second-order valence-electron chi connectivity index (χ2n) is 8.38. The standard InChI is InChI=1S/C27H22Cl2N4O7S/c1-38-21-12-16(13-22(39-2)24(21)40-3)23-25(15-8-9-17(28)18(29)10-15)41-27(30-23)32-31-19(26(34)35)11-14-6-4-5-7-20(14)33(36)37/h4-10,12-13,19H,11H2,1-3H3,(H,34,35). The molecule has 4 rings (SSSR count). The minimum atomic E-state index is -1.39. The van der Waals surface area contributed by atoms with Crippen molar-refractivity contribution < 1.29 is 29.0 Å². The summed E-state index contributed by atoms with van der Waals surface area (Å²) < 4.78 is 16.4. The van der Waals surface area contributed by atoms with Crippen LogP contribution in [0.2, 0.25) is 10.0 Å². The first-order valence-electron chi connectivity index (χ1n) is 11.8. The number of para-hydroxylation sites is 1. The molecule has 14 heteroatoms. The molecule has 0 saturated carbocycles. The van der Waals surface area contributed by atoms with Crippen molar-refractivity contribution in [2.24, 2.45) is 10.2 Å². The number of thiazole rings is 1. The number of aliphatic carboxylic acids is 1. The van der Waals surface area contributed by atoms with E-state index in [0.717, 1.165) is 11.3 Å². The fraction of sp³-hybridized carbons (Fsp3) is 0.185. The number of rotatable bonds is 11. The molecule has 11 nitrogen and oxygen atoms in total. The Morgan fingerprint density at radius 3 is 2.29 bits per heavy atom. The third kappa shape index (κ3) is 6.56. The molecule has 1 unspecified atom stereocenters. The van der Waals surface area contributed by atoms with Gasteiger partial charge in [0.25, 0.3) is 5.69 Å². The van der Waals surface area contributed by atoms with Gasteiger partial charge in [-0.3, -0.25) is 10.1 Å². The highest BCUT2D eigenvalue weighted by Gasteiger charge is 2.24. The molecule has 0 spiro atoms. The van der Waals surface area contributed by atoms with E-state index in [0.29, 0.717) is 49.0 Å². The van der Waals surface area contributed by atoms with Gasteiger partial charge in [0.2, 0.25) is 10.9 Å². The fourth-order valence-corrected chi connectivity index (χ4v) is 5.18. The summed E-state index contributed by atoms with van der Waals surface area (Å²) in [5, 5.41) is 30.1. The zero-order valence-electron chi connectivity index (χ0n) is 21.8. The summed E-state index contributed by atoms with van der Waals surface area (Å²) in [5.74, 6) is -0.107. The summed E-state index contributed by atoms with van der Waals surface area (Å²) in [6.07, 6.45) is -0.235. The molecule has 0 saturated heterocycles. The van der Waals surface area contributed by atoms with E-state index in [2.05, 4.69) is 15.2 Å². The van der Waals surface area contributed by atoms with Crippen LogP contribution in [-0.4, -0.2) is 48.4 Å². The minimum absolute atomic E-state index is 0.142.